The molecule has 4 heteroatoms. The lowest BCUT2D eigenvalue weighted by atomic mass is 10.1. The molecule has 1 aliphatic carbocycles. The minimum absolute atomic E-state index is 0.335. The van der Waals surface area contributed by atoms with E-state index in [9.17, 15) is 4.39 Å². The molecular formula is C12H12FN3. The number of hydrogen-bond donors (Lipinski definition) is 1. The summed E-state index contributed by atoms with van der Waals surface area (Å²) in [6, 6.07) is 6.76. The normalized spacial score (nSPS) is 31.1. The van der Waals surface area contributed by atoms with Crippen molar-refractivity contribution in [1.82, 2.24) is 0 Å². The first-order valence-electron chi connectivity index (χ1n) is 5.41. The molecule has 2 unspecified atom stereocenters. The van der Waals surface area contributed by atoms with E-state index in [1.807, 2.05) is 6.07 Å². The number of rotatable bonds is 1. The molecule has 0 bridgehead atoms. The van der Waals surface area contributed by atoms with Gasteiger partial charge >= 0.3 is 0 Å². The highest BCUT2D eigenvalue weighted by atomic mass is 19.1. The van der Waals surface area contributed by atoms with Crippen LogP contribution in [-0.4, -0.2) is 19.1 Å². The maximum Gasteiger partial charge on any atom is 0.124 e. The minimum Gasteiger partial charge on any atom is -0.370 e. The Bertz CT molecular complexity index is 468. The third-order valence-corrected chi connectivity index (χ3v) is 3.68. The van der Waals surface area contributed by atoms with Gasteiger partial charge in [-0.15, -0.1) is 0 Å². The van der Waals surface area contributed by atoms with Gasteiger partial charge in [0.25, 0.3) is 0 Å². The molecule has 3 rings (SSSR count). The topological polar surface area (TPSA) is 53.0 Å². The highest BCUT2D eigenvalue weighted by Gasteiger charge is 2.53. The number of benzene rings is 1. The van der Waals surface area contributed by atoms with Gasteiger partial charge in [0.2, 0.25) is 0 Å². The van der Waals surface area contributed by atoms with E-state index >= 15 is 0 Å². The van der Waals surface area contributed by atoms with Crippen molar-refractivity contribution >= 4 is 5.69 Å². The molecule has 2 atom stereocenters. The second-order valence-electron chi connectivity index (χ2n) is 4.58. The third-order valence-electron chi connectivity index (χ3n) is 3.68. The van der Waals surface area contributed by atoms with Crippen LogP contribution in [0.15, 0.2) is 18.2 Å². The molecule has 16 heavy (non-hydrogen) atoms. The first kappa shape index (κ1) is 9.61. The molecule has 2 fully saturated rings. The molecule has 0 radical (unpaired) electrons. The predicted octanol–water partition coefficient (Wildman–Crippen LogP) is 1.09. The van der Waals surface area contributed by atoms with E-state index in [1.165, 1.54) is 12.1 Å². The monoisotopic (exact) mass is 217 g/mol. The van der Waals surface area contributed by atoms with Gasteiger partial charge in [-0.2, -0.15) is 5.26 Å². The Morgan fingerprint density at radius 2 is 2.06 bits per heavy atom. The van der Waals surface area contributed by atoms with Gasteiger partial charge in [0.1, 0.15) is 11.9 Å². The number of halogens is 1. The van der Waals surface area contributed by atoms with Crippen LogP contribution in [0.3, 0.4) is 0 Å². The lowest BCUT2D eigenvalue weighted by Crippen LogP contribution is -2.28. The summed E-state index contributed by atoms with van der Waals surface area (Å²) in [7, 11) is 0. The largest absolute Gasteiger partial charge is 0.370 e. The lowest BCUT2D eigenvalue weighted by molar-refractivity contribution is 0.626. The zero-order chi connectivity index (χ0) is 11.3. The van der Waals surface area contributed by atoms with E-state index in [0.29, 0.717) is 23.4 Å². The van der Waals surface area contributed by atoms with Gasteiger partial charge < -0.3 is 10.6 Å². The Balaban J connectivity index is 1.88. The Morgan fingerprint density at radius 3 is 2.69 bits per heavy atom. The average Bonchev–Trinajstić information content (AvgIpc) is 2.75. The van der Waals surface area contributed by atoms with Gasteiger partial charge in [-0.25, -0.2) is 4.39 Å². The summed E-state index contributed by atoms with van der Waals surface area (Å²) in [5.74, 6) is 0.773. The molecule has 0 spiro atoms. The first-order chi connectivity index (χ1) is 7.70. The van der Waals surface area contributed by atoms with E-state index in [1.54, 1.807) is 6.07 Å². The highest BCUT2D eigenvalue weighted by Crippen LogP contribution is 2.45. The summed E-state index contributed by atoms with van der Waals surface area (Å²) >= 11 is 0. The summed E-state index contributed by atoms with van der Waals surface area (Å²) < 4.78 is 13.0. The molecule has 2 N–H and O–H groups in total. The van der Waals surface area contributed by atoms with Crippen LogP contribution in [0.2, 0.25) is 0 Å². The van der Waals surface area contributed by atoms with Gasteiger partial charge in [0, 0.05) is 19.1 Å². The maximum absolute atomic E-state index is 13.0. The highest BCUT2D eigenvalue weighted by molar-refractivity contribution is 5.60. The van der Waals surface area contributed by atoms with Crippen LogP contribution in [0, 0.1) is 29.0 Å². The van der Waals surface area contributed by atoms with E-state index in [2.05, 4.69) is 4.90 Å². The van der Waals surface area contributed by atoms with Crippen LogP contribution in [0.4, 0.5) is 10.1 Å². The quantitative estimate of drug-likeness (QED) is 0.766. The smallest absolute Gasteiger partial charge is 0.124 e. The Kier molecular flexibility index (Phi) is 1.92. The second kappa shape index (κ2) is 3.19. The van der Waals surface area contributed by atoms with Crippen LogP contribution in [0.1, 0.15) is 5.56 Å². The average molecular weight is 217 g/mol. The van der Waals surface area contributed by atoms with Gasteiger partial charge in [-0.1, -0.05) is 0 Å². The molecular weight excluding hydrogens is 205 g/mol. The zero-order valence-electron chi connectivity index (χ0n) is 8.73. The Morgan fingerprint density at radius 1 is 1.38 bits per heavy atom. The molecule has 0 aromatic heterocycles. The van der Waals surface area contributed by atoms with Crippen LogP contribution in [-0.2, 0) is 0 Å². The van der Waals surface area contributed by atoms with Crippen molar-refractivity contribution in [2.24, 2.45) is 17.6 Å². The number of piperidine rings is 1. The number of nitriles is 1. The van der Waals surface area contributed by atoms with Crippen molar-refractivity contribution in [1.29, 1.82) is 5.26 Å². The molecule has 1 heterocycles. The zero-order valence-corrected chi connectivity index (χ0v) is 8.73. The maximum atomic E-state index is 13.0. The number of anilines is 1. The second-order valence-corrected chi connectivity index (χ2v) is 4.58. The first-order valence-corrected chi connectivity index (χ1v) is 5.41. The molecule has 2 aliphatic rings. The molecule has 1 saturated heterocycles. The molecule has 3 nitrogen and oxygen atoms in total. The molecule has 1 aliphatic heterocycles. The fourth-order valence-electron chi connectivity index (χ4n) is 2.64. The number of nitrogens with two attached hydrogens (primary N) is 1. The Hall–Kier alpha value is -1.60. The summed E-state index contributed by atoms with van der Waals surface area (Å²) in [5, 5.41) is 8.96. The van der Waals surface area contributed by atoms with Crippen LogP contribution in [0.25, 0.3) is 0 Å². The van der Waals surface area contributed by atoms with Crippen molar-refractivity contribution in [3.8, 4) is 6.07 Å². The Labute approximate surface area is 93.3 Å². The van der Waals surface area contributed by atoms with Gasteiger partial charge in [-0.05, 0) is 30.0 Å². The van der Waals surface area contributed by atoms with Crippen molar-refractivity contribution in [2.45, 2.75) is 6.04 Å². The molecule has 1 aromatic carbocycles. The van der Waals surface area contributed by atoms with Crippen LogP contribution in [0.5, 0.6) is 0 Å². The van der Waals surface area contributed by atoms with Crippen molar-refractivity contribution < 1.29 is 4.39 Å². The van der Waals surface area contributed by atoms with Crippen LogP contribution < -0.4 is 10.6 Å². The number of hydrogen-bond acceptors (Lipinski definition) is 3. The van der Waals surface area contributed by atoms with E-state index in [-0.39, 0.29) is 5.82 Å². The van der Waals surface area contributed by atoms with Gasteiger partial charge in [0.15, 0.2) is 0 Å². The fourth-order valence-corrected chi connectivity index (χ4v) is 2.64. The van der Waals surface area contributed by atoms with Crippen LogP contribution >= 0.6 is 0 Å². The fraction of sp³-hybridized carbons (Fsp3) is 0.417. The summed E-state index contributed by atoms with van der Waals surface area (Å²) in [4.78, 5) is 2.14. The summed E-state index contributed by atoms with van der Waals surface area (Å²) in [6.45, 7) is 1.79. The summed E-state index contributed by atoms with van der Waals surface area (Å²) in [5.41, 5.74) is 7.10. The lowest BCUT2D eigenvalue weighted by Gasteiger charge is -2.22. The molecule has 82 valence electrons. The predicted molar refractivity (Wildman–Crippen MR) is 58.3 cm³/mol. The van der Waals surface area contributed by atoms with Crippen molar-refractivity contribution in [3.63, 3.8) is 0 Å². The molecule has 0 amide bonds. The standard InChI is InChI=1S/C12H12FN3/c13-8-1-2-11(7(3-8)4-14)16-5-9-10(6-16)12(9)15/h1-3,9-10,12H,5-6,15H2. The van der Waals surface area contributed by atoms with Crippen molar-refractivity contribution in [3.05, 3.63) is 29.6 Å². The van der Waals surface area contributed by atoms with E-state index < -0.39 is 0 Å². The summed E-state index contributed by atoms with van der Waals surface area (Å²) in [6.07, 6.45) is 0. The molecule has 1 aromatic rings. The SMILES string of the molecule is N#Cc1cc(F)ccc1N1CC2C(N)C2C1. The minimum atomic E-state index is -0.360. The van der Waals surface area contributed by atoms with Gasteiger partial charge in [-0.3, -0.25) is 0 Å². The van der Waals surface area contributed by atoms with Crippen molar-refractivity contribution in [2.75, 3.05) is 18.0 Å². The van der Waals surface area contributed by atoms with E-state index in [0.717, 1.165) is 18.8 Å². The third kappa shape index (κ3) is 1.29. The molecule has 1 saturated carbocycles. The van der Waals surface area contributed by atoms with Gasteiger partial charge in [0.05, 0.1) is 11.3 Å². The number of nitrogens with zero attached hydrogens (tertiary/aromatic N) is 2. The van der Waals surface area contributed by atoms with E-state index in [4.69, 9.17) is 11.0 Å². The number of fused-ring (bicyclic) bond motifs is 1.